The number of carboxylic acids is 1. The first-order valence-electron chi connectivity index (χ1n) is 21.8. The van der Waals surface area contributed by atoms with E-state index in [1.54, 1.807) is 5.57 Å². The third-order valence-corrected chi connectivity index (χ3v) is 16.7. The van der Waals surface area contributed by atoms with Crippen LogP contribution in [0.25, 0.3) is 0 Å². The van der Waals surface area contributed by atoms with Crippen LogP contribution in [0.1, 0.15) is 177 Å². The molecule has 0 saturated heterocycles. The van der Waals surface area contributed by atoms with E-state index < -0.39 is 11.4 Å². The van der Waals surface area contributed by atoms with Crippen LogP contribution >= 0.6 is 0 Å². The lowest BCUT2D eigenvalue weighted by molar-refractivity contribution is -0.213. The van der Waals surface area contributed by atoms with E-state index in [1.165, 1.54) is 70.6 Å². The highest BCUT2D eigenvalue weighted by Gasteiger charge is 2.69. The molecular weight excluding hydrogens is 625 g/mol. The smallest absolute Gasteiger partial charge is 0.310 e. The van der Waals surface area contributed by atoms with Crippen molar-refractivity contribution in [3.63, 3.8) is 0 Å². The molecule has 5 rings (SSSR count). The summed E-state index contributed by atoms with van der Waals surface area (Å²) in [7, 11) is 0. The highest BCUT2D eigenvalue weighted by atomic mass is 16.5. The average Bonchev–Trinajstić information content (AvgIpc) is 3.08. The minimum Gasteiger partial charge on any atom is -0.481 e. The third-order valence-electron chi connectivity index (χ3n) is 16.7. The maximum atomic E-state index is 13.0. The van der Waals surface area contributed by atoms with Crippen LogP contribution in [0.3, 0.4) is 0 Å². The average molecular weight is 703 g/mol. The SMILES string of the molecule is CCC=CCC=CCC=CCCCCCCCCO[C@H]1CC[C@@]2(C)C(CC[C@]3(C)[C@@H]2CC=C2[C@@H]4[C@@H](C)[C@H](C)CC[C@]4(C(=O)O)CC[C@]23C)C1(C)C. The van der Waals surface area contributed by atoms with E-state index in [0.29, 0.717) is 35.2 Å². The molecule has 51 heavy (non-hydrogen) atoms. The Bertz CT molecular complexity index is 1290. The van der Waals surface area contributed by atoms with Gasteiger partial charge in [-0.25, -0.2) is 0 Å². The molecule has 0 aromatic rings. The van der Waals surface area contributed by atoms with Crippen molar-refractivity contribution in [1.82, 2.24) is 0 Å². The molecule has 0 aromatic carbocycles. The molecule has 0 aromatic heterocycles. The van der Waals surface area contributed by atoms with Crippen LogP contribution in [0.5, 0.6) is 0 Å². The highest BCUT2D eigenvalue weighted by molar-refractivity contribution is 5.76. The van der Waals surface area contributed by atoms with Crippen LogP contribution in [0, 0.1) is 56.7 Å². The maximum absolute atomic E-state index is 13.0. The monoisotopic (exact) mass is 703 g/mol. The third kappa shape index (κ3) is 7.69. The van der Waals surface area contributed by atoms with Crippen molar-refractivity contribution < 1.29 is 14.6 Å². The number of allylic oxidation sites excluding steroid dienone is 8. The zero-order valence-corrected chi connectivity index (χ0v) is 34.4. The lowest BCUT2D eigenvalue weighted by Gasteiger charge is -2.71. The molecule has 0 aliphatic heterocycles. The number of unbranched alkanes of at least 4 members (excludes halogenated alkanes) is 6. The van der Waals surface area contributed by atoms with Gasteiger partial charge in [-0.1, -0.05) is 129 Å². The van der Waals surface area contributed by atoms with Gasteiger partial charge in [-0.3, -0.25) is 4.79 Å². The molecule has 4 saturated carbocycles. The van der Waals surface area contributed by atoms with Crippen LogP contribution in [0.2, 0.25) is 0 Å². The summed E-state index contributed by atoms with van der Waals surface area (Å²) in [5.41, 5.74) is 1.78. The molecule has 1 N–H and O–H groups in total. The van der Waals surface area contributed by atoms with Gasteiger partial charge in [0.1, 0.15) is 0 Å². The van der Waals surface area contributed by atoms with Crippen LogP contribution < -0.4 is 0 Å². The Labute approximate surface area is 314 Å². The lowest BCUT2D eigenvalue weighted by Crippen LogP contribution is -2.65. The van der Waals surface area contributed by atoms with Gasteiger partial charge >= 0.3 is 5.97 Å². The second kappa shape index (κ2) is 16.8. The summed E-state index contributed by atoms with van der Waals surface area (Å²) < 4.78 is 6.81. The number of hydrogen-bond acceptors (Lipinski definition) is 2. The van der Waals surface area contributed by atoms with E-state index >= 15 is 0 Å². The Hall–Kier alpha value is -1.61. The van der Waals surface area contributed by atoms with Gasteiger partial charge in [-0.2, -0.15) is 0 Å². The molecule has 3 heteroatoms. The largest absolute Gasteiger partial charge is 0.481 e. The summed E-state index contributed by atoms with van der Waals surface area (Å²) in [6, 6.07) is 0. The van der Waals surface area contributed by atoms with E-state index in [-0.39, 0.29) is 22.2 Å². The highest BCUT2D eigenvalue weighted by Crippen LogP contribution is 2.75. The van der Waals surface area contributed by atoms with Crippen molar-refractivity contribution in [2.24, 2.45) is 56.7 Å². The van der Waals surface area contributed by atoms with E-state index in [2.05, 4.69) is 97.9 Å². The minimum atomic E-state index is -0.556. The van der Waals surface area contributed by atoms with E-state index in [0.717, 1.165) is 58.0 Å². The molecule has 0 bridgehead atoms. The fourth-order valence-electron chi connectivity index (χ4n) is 13.3. The molecule has 4 fully saturated rings. The summed E-state index contributed by atoms with van der Waals surface area (Å²) in [5, 5.41) is 10.7. The van der Waals surface area contributed by atoms with Gasteiger partial charge in [0, 0.05) is 6.61 Å². The van der Waals surface area contributed by atoms with E-state index in [9.17, 15) is 9.90 Å². The summed E-state index contributed by atoms with van der Waals surface area (Å²) in [6.07, 6.45) is 38.9. The number of fused-ring (bicyclic) bond motifs is 7. The van der Waals surface area contributed by atoms with Gasteiger partial charge in [0.15, 0.2) is 0 Å². The number of ether oxygens (including phenoxy) is 1. The summed E-state index contributed by atoms with van der Waals surface area (Å²) >= 11 is 0. The minimum absolute atomic E-state index is 0.0933. The molecule has 1 unspecified atom stereocenters. The molecule has 10 atom stereocenters. The topological polar surface area (TPSA) is 46.5 Å². The van der Waals surface area contributed by atoms with E-state index in [1.807, 2.05) is 0 Å². The number of aliphatic carboxylic acids is 1. The normalized spacial score (nSPS) is 40.5. The van der Waals surface area contributed by atoms with Crippen LogP contribution in [-0.2, 0) is 9.53 Å². The Morgan fingerprint density at radius 2 is 1.45 bits per heavy atom. The zero-order chi connectivity index (χ0) is 36.9. The van der Waals surface area contributed by atoms with Crippen LogP contribution in [0.4, 0.5) is 0 Å². The van der Waals surface area contributed by atoms with Crippen molar-refractivity contribution in [2.75, 3.05) is 6.61 Å². The predicted molar refractivity (Wildman–Crippen MR) is 216 cm³/mol. The van der Waals surface area contributed by atoms with Gasteiger partial charge < -0.3 is 9.84 Å². The Morgan fingerprint density at radius 3 is 2.16 bits per heavy atom. The molecule has 0 spiro atoms. The van der Waals surface area contributed by atoms with Crippen molar-refractivity contribution in [3.8, 4) is 0 Å². The second-order valence-electron chi connectivity index (χ2n) is 19.5. The summed E-state index contributed by atoms with van der Waals surface area (Å²) in [5.74, 6) is 2.02. The molecule has 0 radical (unpaired) electrons. The van der Waals surface area contributed by atoms with Crippen LogP contribution in [-0.4, -0.2) is 23.8 Å². The number of rotatable bonds is 16. The Kier molecular flexibility index (Phi) is 13.4. The number of hydrogen-bond donors (Lipinski definition) is 1. The molecule has 0 amide bonds. The standard InChI is InChI=1S/C48H78O3/c1-9-10-11-12-13-14-15-16-17-18-19-20-21-22-23-24-35-51-41-29-30-45(6)39(44(41,4)5)28-31-47(8)40(45)26-25-38-42-37(3)36(2)27-32-48(42,43(49)50)34-33-46(38,47)7/h10-11,13-14,16-17,25,36-37,39-42H,9,12,15,18-24,26-35H2,1-8H3,(H,49,50)/t36-,37+,39?,40-,41+,42+,45+,46-,47-,48+/m1/s1. The van der Waals surface area contributed by atoms with Crippen molar-refractivity contribution >= 4 is 5.97 Å². The first kappa shape index (κ1) is 40.6. The fraction of sp³-hybridized carbons (Fsp3) is 0.812. The summed E-state index contributed by atoms with van der Waals surface area (Å²) in [6.45, 7) is 20.8. The second-order valence-corrected chi connectivity index (χ2v) is 19.5. The van der Waals surface area contributed by atoms with Crippen molar-refractivity contribution in [3.05, 3.63) is 48.1 Å². The molecule has 0 heterocycles. The predicted octanol–water partition coefficient (Wildman–Crippen LogP) is 13.7. The first-order chi connectivity index (χ1) is 24.3. The molecule has 5 aliphatic rings. The van der Waals surface area contributed by atoms with Crippen molar-refractivity contribution in [1.29, 1.82) is 0 Å². The van der Waals surface area contributed by atoms with Gasteiger partial charge in [0.05, 0.1) is 11.5 Å². The van der Waals surface area contributed by atoms with Crippen molar-refractivity contribution in [2.45, 2.75) is 183 Å². The Morgan fingerprint density at radius 1 is 0.784 bits per heavy atom. The van der Waals surface area contributed by atoms with Crippen LogP contribution in [0.15, 0.2) is 48.1 Å². The molecule has 3 nitrogen and oxygen atoms in total. The molecule has 5 aliphatic carbocycles. The number of carboxylic acid groups (broad SMARTS) is 1. The quantitative estimate of drug-likeness (QED) is 0.129. The molecular formula is C48H78O3. The fourth-order valence-corrected chi connectivity index (χ4v) is 13.3. The maximum Gasteiger partial charge on any atom is 0.310 e. The van der Waals surface area contributed by atoms with Gasteiger partial charge in [-0.15, -0.1) is 0 Å². The van der Waals surface area contributed by atoms with Gasteiger partial charge in [0.25, 0.3) is 0 Å². The number of carbonyl (C=O) groups is 1. The lowest BCUT2D eigenvalue weighted by atomic mass is 9.33. The Balaban J connectivity index is 1.11. The first-order valence-corrected chi connectivity index (χ1v) is 21.8. The molecule has 288 valence electrons. The zero-order valence-electron chi connectivity index (χ0n) is 34.4. The van der Waals surface area contributed by atoms with Gasteiger partial charge in [0.2, 0.25) is 0 Å². The summed E-state index contributed by atoms with van der Waals surface area (Å²) in [4.78, 5) is 13.0. The van der Waals surface area contributed by atoms with E-state index in [4.69, 9.17) is 4.74 Å². The van der Waals surface area contributed by atoms with Gasteiger partial charge in [-0.05, 0) is 148 Å².